The lowest BCUT2D eigenvalue weighted by Crippen LogP contribution is -2.38. The average molecular weight is 411 g/mol. The summed E-state index contributed by atoms with van der Waals surface area (Å²) >= 11 is 6.47. The van der Waals surface area contributed by atoms with Gasteiger partial charge in [-0.2, -0.15) is 0 Å². The van der Waals surface area contributed by atoms with E-state index in [0.29, 0.717) is 15.6 Å². The second-order valence-electron chi connectivity index (χ2n) is 6.16. The lowest BCUT2D eigenvalue weighted by atomic mass is 10.2. The standard InChI is InChI=1S/C17H18N2O4S3/c20-15(18-13-7-9-26(22,23)11-13)6-8-19-16(21)14(25-17(19)24)10-12-4-2-1-3-5-12/h1-5,10,13H,6-9,11H2,(H,18,20)/b14-10+/t13-/m0/s1. The largest absolute Gasteiger partial charge is 0.352 e. The van der Waals surface area contributed by atoms with Gasteiger partial charge in [0.25, 0.3) is 5.91 Å². The van der Waals surface area contributed by atoms with Crippen molar-refractivity contribution in [2.45, 2.75) is 18.9 Å². The molecule has 2 saturated heterocycles. The third-order valence-corrected chi connectivity index (χ3v) is 7.28. The first-order valence-electron chi connectivity index (χ1n) is 8.14. The number of thiocarbonyl (C=S) groups is 1. The Balaban J connectivity index is 1.55. The van der Waals surface area contributed by atoms with E-state index in [0.717, 1.165) is 5.56 Å². The van der Waals surface area contributed by atoms with E-state index in [1.165, 1.54) is 16.7 Å². The summed E-state index contributed by atoms with van der Waals surface area (Å²) in [7, 11) is -3.04. The van der Waals surface area contributed by atoms with E-state index in [1.54, 1.807) is 6.08 Å². The Labute approximate surface area is 161 Å². The maximum absolute atomic E-state index is 12.5. The fraction of sp³-hybridized carbons (Fsp3) is 0.353. The van der Waals surface area contributed by atoms with E-state index in [1.807, 2.05) is 30.3 Å². The summed E-state index contributed by atoms with van der Waals surface area (Å²) in [5.41, 5.74) is 0.910. The molecular weight excluding hydrogens is 392 g/mol. The number of thioether (sulfide) groups is 1. The monoisotopic (exact) mass is 410 g/mol. The van der Waals surface area contributed by atoms with Gasteiger partial charge in [-0.3, -0.25) is 14.5 Å². The van der Waals surface area contributed by atoms with Gasteiger partial charge >= 0.3 is 0 Å². The smallest absolute Gasteiger partial charge is 0.266 e. The van der Waals surface area contributed by atoms with Crippen LogP contribution in [0.25, 0.3) is 6.08 Å². The predicted molar refractivity (Wildman–Crippen MR) is 106 cm³/mol. The van der Waals surface area contributed by atoms with Gasteiger partial charge in [-0.15, -0.1) is 0 Å². The minimum absolute atomic E-state index is 0.0143. The van der Waals surface area contributed by atoms with E-state index in [2.05, 4.69) is 5.32 Å². The van der Waals surface area contributed by atoms with E-state index in [-0.39, 0.29) is 42.3 Å². The molecule has 6 nitrogen and oxygen atoms in total. The van der Waals surface area contributed by atoms with Crippen molar-refractivity contribution in [1.29, 1.82) is 0 Å². The van der Waals surface area contributed by atoms with Gasteiger partial charge in [-0.1, -0.05) is 54.3 Å². The maximum atomic E-state index is 12.5. The van der Waals surface area contributed by atoms with Gasteiger partial charge in [0.1, 0.15) is 4.32 Å². The Kier molecular flexibility index (Phi) is 5.79. The van der Waals surface area contributed by atoms with Crippen LogP contribution in [0.2, 0.25) is 0 Å². The lowest BCUT2D eigenvalue weighted by molar-refractivity contribution is -0.124. The first-order valence-corrected chi connectivity index (χ1v) is 11.2. The molecule has 9 heteroatoms. The van der Waals surface area contributed by atoms with Gasteiger partial charge in [-0.25, -0.2) is 8.42 Å². The molecule has 1 aromatic carbocycles. The topological polar surface area (TPSA) is 83.6 Å². The number of carbonyl (C=O) groups excluding carboxylic acids is 2. The van der Waals surface area contributed by atoms with Gasteiger partial charge in [-0.05, 0) is 18.1 Å². The van der Waals surface area contributed by atoms with Crippen LogP contribution >= 0.6 is 24.0 Å². The first-order chi connectivity index (χ1) is 12.3. The molecule has 2 amide bonds. The summed E-state index contributed by atoms with van der Waals surface area (Å²) < 4.78 is 23.3. The number of nitrogens with one attached hydrogen (secondary N) is 1. The molecule has 2 fully saturated rings. The second-order valence-corrected chi connectivity index (χ2v) is 10.1. The zero-order valence-electron chi connectivity index (χ0n) is 13.9. The van der Waals surface area contributed by atoms with Crippen LogP contribution < -0.4 is 5.32 Å². The van der Waals surface area contributed by atoms with E-state index < -0.39 is 9.84 Å². The first kappa shape index (κ1) is 19.1. The molecule has 0 saturated carbocycles. The molecular formula is C17H18N2O4S3. The van der Waals surface area contributed by atoms with E-state index in [9.17, 15) is 18.0 Å². The quantitative estimate of drug-likeness (QED) is 0.586. The van der Waals surface area contributed by atoms with Crippen molar-refractivity contribution in [1.82, 2.24) is 10.2 Å². The highest BCUT2D eigenvalue weighted by molar-refractivity contribution is 8.26. The number of amides is 2. The van der Waals surface area contributed by atoms with Crippen LogP contribution in [0.4, 0.5) is 0 Å². The number of sulfone groups is 1. The van der Waals surface area contributed by atoms with Gasteiger partial charge in [0.05, 0.1) is 16.4 Å². The van der Waals surface area contributed by atoms with E-state index >= 15 is 0 Å². The average Bonchev–Trinajstić information content (AvgIpc) is 3.06. The Hall–Kier alpha value is -1.71. The fourth-order valence-electron chi connectivity index (χ4n) is 2.82. The highest BCUT2D eigenvalue weighted by Crippen LogP contribution is 2.32. The second kappa shape index (κ2) is 7.89. The molecule has 26 heavy (non-hydrogen) atoms. The molecule has 0 bridgehead atoms. The number of rotatable bonds is 5. The van der Waals surface area contributed by atoms with E-state index in [4.69, 9.17) is 12.2 Å². The molecule has 1 aromatic rings. The summed E-state index contributed by atoms with van der Waals surface area (Å²) in [4.78, 5) is 26.5. The third-order valence-electron chi connectivity index (χ3n) is 4.13. The molecule has 0 aromatic heterocycles. The van der Waals surface area contributed by atoms with Crippen LogP contribution in [-0.2, 0) is 19.4 Å². The molecule has 2 aliphatic rings. The normalized spacial score (nSPS) is 23.6. The molecule has 138 valence electrons. The Bertz CT molecular complexity index is 865. The molecule has 0 aliphatic carbocycles. The zero-order chi connectivity index (χ0) is 18.7. The molecule has 0 spiro atoms. The highest BCUT2D eigenvalue weighted by atomic mass is 32.2. The Morgan fingerprint density at radius 1 is 1.35 bits per heavy atom. The van der Waals surface area contributed by atoms with Crippen LogP contribution in [0, 0.1) is 0 Å². The summed E-state index contributed by atoms with van der Waals surface area (Å²) in [5.74, 6) is -0.385. The number of carbonyl (C=O) groups is 2. The van der Waals surface area contributed by atoms with Crippen LogP contribution in [0.5, 0.6) is 0 Å². The van der Waals surface area contributed by atoms with Crippen molar-refractivity contribution in [2.75, 3.05) is 18.1 Å². The summed E-state index contributed by atoms with van der Waals surface area (Å²) in [6.45, 7) is 0.183. The SMILES string of the molecule is O=C(CCN1C(=O)/C(=C\c2ccccc2)SC1=S)N[C@H]1CCS(=O)(=O)C1. The Morgan fingerprint density at radius 2 is 2.08 bits per heavy atom. The van der Waals surface area contributed by atoms with Crippen molar-refractivity contribution in [3.8, 4) is 0 Å². The van der Waals surface area contributed by atoms with Crippen molar-refractivity contribution in [3.05, 3.63) is 40.8 Å². The molecule has 2 aliphatic heterocycles. The number of benzene rings is 1. The van der Waals surface area contributed by atoms with Crippen molar-refractivity contribution < 1.29 is 18.0 Å². The van der Waals surface area contributed by atoms with Gasteiger partial charge < -0.3 is 5.32 Å². The van der Waals surface area contributed by atoms with Crippen LogP contribution in [0.1, 0.15) is 18.4 Å². The third kappa shape index (κ3) is 4.72. The number of hydrogen-bond acceptors (Lipinski definition) is 6. The van der Waals surface area contributed by atoms with Gasteiger partial charge in [0, 0.05) is 19.0 Å². The summed E-state index contributed by atoms with van der Waals surface area (Å²) in [6, 6.07) is 9.14. The van der Waals surface area contributed by atoms with Crippen molar-refractivity contribution in [3.63, 3.8) is 0 Å². The van der Waals surface area contributed by atoms with Crippen molar-refractivity contribution in [2.24, 2.45) is 0 Å². The molecule has 1 N–H and O–H groups in total. The number of hydrogen-bond donors (Lipinski definition) is 1. The van der Waals surface area contributed by atoms with Gasteiger partial charge in [0.15, 0.2) is 9.84 Å². The van der Waals surface area contributed by atoms with Crippen LogP contribution in [0.3, 0.4) is 0 Å². The maximum Gasteiger partial charge on any atom is 0.266 e. The molecule has 2 heterocycles. The molecule has 0 radical (unpaired) electrons. The predicted octanol–water partition coefficient (Wildman–Crippen LogP) is 1.58. The van der Waals surface area contributed by atoms with Gasteiger partial charge in [0.2, 0.25) is 5.91 Å². The number of nitrogens with zero attached hydrogens (tertiary/aromatic N) is 1. The summed E-state index contributed by atoms with van der Waals surface area (Å²) in [5, 5.41) is 2.72. The van der Waals surface area contributed by atoms with Crippen LogP contribution in [0.15, 0.2) is 35.2 Å². The zero-order valence-corrected chi connectivity index (χ0v) is 16.3. The minimum atomic E-state index is -3.04. The minimum Gasteiger partial charge on any atom is -0.352 e. The molecule has 0 unspecified atom stereocenters. The van der Waals surface area contributed by atoms with Crippen LogP contribution in [-0.4, -0.2) is 53.5 Å². The van der Waals surface area contributed by atoms with Crippen molar-refractivity contribution >= 4 is 56.0 Å². The Morgan fingerprint density at radius 3 is 2.73 bits per heavy atom. The fourth-order valence-corrected chi connectivity index (χ4v) is 5.80. The highest BCUT2D eigenvalue weighted by Gasteiger charge is 2.33. The molecule has 1 atom stereocenters. The molecule has 3 rings (SSSR count). The summed E-state index contributed by atoms with van der Waals surface area (Å²) in [6.07, 6.45) is 2.30. The lowest BCUT2D eigenvalue weighted by Gasteiger charge is -2.15.